The smallest absolute Gasteiger partial charge is 0.254 e. The second-order valence-corrected chi connectivity index (χ2v) is 2.74. The van der Waals surface area contributed by atoms with E-state index in [1.165, 1.54) is 0 Å². The number of nitrogens with one attached hydrogen (secondary N) is 1. The number of halogens is 3. The molecule has 0 aliphatic carbocycles. The Kier molecular flexibility index (Phi) is 3.18. The van der Waals surface area contributed by atoms with E-state index in [4.69, 9.17) is 5.11 Å². The first-order valence-corrected chi connectivity index (χ1v) is 4.13. The first-order valence-electron chi connectivity index (χ1n) is 4.13. The normalized spacial score (nSPS) is 10.1. The number of phenols is 1. The molecule has 82 valence electrons. The van der Waals surface area contributed by atoms with Crippen molar-refractivity contribution in [1.82, 2.24) is 5.32 Å². The third kappa shape index (κ3) is 2.03. The van der Waals surface area contributed by atoms with Gasteiger partial charge in [-0.25, -0.2) is 8.78 Å². The molecule has 15 heavy (non-hydrogen) atoms. The van der Waals surface area contributed by atoms with E-state index in [9.17, 15) is 18.0 Å². The zero-order valence-corrected chi connectivity index (χ0v) is 7.77. The van der Waals surface area contributed by atoms with Crippen LogP contribution in [-0.2, 0) is 0 Å². The van der Waals surface area contributed by atoms with Gasteiger partial charge in [0.25, 0.3) is 5.91 Å². The van der Waals surface area contributed by atoms with Gasteiger partial charge < -0.3 is 10.4 Å². The Bertz CT molecular complexity index is 407. The van der Waals surface area contributed by atoms with Gasteiger partial charge in [0.15, 0.2) is 17.4 Å². The van der Waals surface area contributed by atoms with Gasteiger partial charge in [0, 0.05) is 6.54 Å². The minimum absolute atomic E-state index is 0.206. The molecule has 0 aliphatic rings. The predicted octanol–water partition coefficient (Wildman–Crippen LogP) is 1.56. The number of rotatable bonds is 2. The molecule has 1 rings (SSSR count). The minimum Gasteiger partial charge on any atom is -0.503 e. The van der Waals surface area contributed by atoms with Crippen molar-refractivity contribution in [2.45, 2.75) is 6.92 Å². The summed E-state index contributed by atoms with van der Waals surface area (Å²) in [5.74, 6) is -7.06. The first-order chi connectivity index (χ1) is 6.99. The third-order valence-electron chi connectivity index (χ3n) is 1.71. The Morgan fingerprint density at radius 1 is 1.40 bits per heavy atom. The fraction of sp³-hybridized carbons (Fsp3) is 0.222. The lowest BCUT2D eigenvalue weighted by atomic mass is 10.1. The molecule has 0 heterocycles. The van der Waals surface area contributed by atoms with Crippen LogP contribution in [0.1, 0.15) is 17.3 Å². The monoisotopic (exact) mass is 219 g/mol. The molecule has 1 aromatic rings. The van der Waals surface area contributed by atoms with E-state index in [-0.39, 0.29) is 6.54 Å². The van der Waals surface area contributed by atoms with Crippen molar-refractivity contribution in [2.24, 2.45) is 0 Å². The molecular formula is C9H8F3NO2. The van der Waals surface area contributed by atoms with Gasteiger partial charge in [-0.2, -0.15) is 4.39 Å². The van der Waals surface area contributed by atoms with Crippen molar-refractivity contribution in [2.75, 3.05) is 6.54 Å². The van der Waals surface area contributed by atoms with Crippen LogP contribution in [0.25, 0.3) is 0 Å². The number of hydrogen-bond donors (Lipinski definition) is 2. The molecule has 0 aromatic heterocycles. The van der Waals surface area contributed by atoms with Crippen LogP contribution in [0.4, 0.5) is 13.2 Å². The van der Waals surface area contributed by atoms with E-state index >= 15 is 0 Å². The van der Waals surface area contributed by atoms with E-state index in [0.29, 0.717) is 6.07 Å². The molecule has 6 heteroatoms. The topological polar surface area (TPSA) is 49.3 Å². The van der Waals surface area contributed by atoms with Crippen molar-refractivity contribution in [3.8, 4) is 5.75 Å². The summed E-state index contributed by atoms with van der Waals surface area (Å²) in [5, 5.41) is 11.0. The molecule has 3 nitrogen and oxygen atoms in total. The number of carbonyl (C=O) groups excluding carboxylic acids is 1. The molecule has 1 aromatic carbocycles. The Hall–Kier alpha value is -1.72. The summed E-state index contributed by atoms with van der Waals surface area (Å²) < 4.78 is 38.5. The quantitative estimate of drug-likeness (QED) is 0.741. The largest absolute Gasteiger partial charge is 0.503 e. The zero-order valence-electron chi connectivity index (χ0n) is 7.77. The van der Waals surface area contributed by atoms with Crippen molar-refractivity contribution in [3.05, 3.63) is 29.1 Å². The van der Waals surface area contributed by atoms with Gasteiger partial charge in [0.05, 0.1) is 5.56 Å². The van der Waals surface area contributed by atoms with Crippen molar-refractivity contribution in [1.29, 1.82) is 0 Å². The minimum atomic E-state index is -1.71. The van der Waals surface area contributed by atoms with Crippen LogP contribution < -0.4 is 5.32 Å². The second kappa shape index (κ2) is 4.20. The van der Waals surface area contributed by atoms with Gasteiger partial charge >= 0.3 is 0 Å². The van der Waals surface area contributed by atoms with Crippen LogP contribution >= 0.6 is 0 Å². The SMILES string of the molecule is CCNC(=O)c1cc(F)c(F)c(O)c1F. The summed E-state index contributed by atoms with van der Waals surface area (Å²) in [7, 11) is 0. The number of phenolic OH excluding ortho intramolecular Hbond substituents is 1. The molecule has 0 aliphatic heterocycles. The Balaban J connectivity index is 3.26. The van der Waals surface area contributed by atoms with Gasteiger partial charge in [0.2, 0.25) is 5.82 Å². The zero-order chi connectivity index (χ0) is 11.6. The van der Waals surface area contributed by atoms with Gasteiger partial charge in [-0.15, -0.1) is 0 Å². The fourth-order valence-corrected chi connectivity index (χ4v) is 1.01. The number of amides is 1. The molecule has 0 radical (unpaired) electrons. The molecule has 0 saturated heterocycles. The number of benzene rings is 1. The van der Waals surface area contributed by atoms with Crippen LogP contribution in [0.3, 0.4) is 0 Å². The molecule has 2 N–H and O–H groups in total. The van der Waals surface area contributed by atoms with E-state index in [0.717, 1.165) is 0 Å². The lowest BCUT2D eigenvalue weighted by Crippen LogP contribution is -2.24. The summed E-state index contributed by atoms with van der Waals surface area (Å²) in [6.07, 6.45) is 0. The van der Waals surface area contributed by atoms with Crippen LogP contribution in [0.5, 0.6) is 5.75 Å². The second-order valence-electron chi connectivity index (χ2n) is 2.74. The Morgan fingerprint density at radius 2 is 2.00 bits per heavy atom. The maximum absolute atomic E-state index is 13.1. The highest BCUT2D eigenvalue weighted by molar-refractivity contribution is 5.94. The van der Waals surface area contributed by atoms with Crippen LogP contribution in [0.2, 0.25) is 0 Å². The lowest BCUT2D eigenvalue weighted by Gasteiger charge is -2.06. The Morgan fingerprint density at radius 3 is 2.53 bits per heavy atom. The summed E-state index contributed by atoms with van der Waals surface area (Å²) in [5.41, 5.74) is -0.728. The molecule has 0 spiro atoms. The summed E-state index contributed by atoms with van der Waals surface area (Å²) >= 11 is 0. The molecule has 0 fully saturated rings. The highest BCUT2D eigenvalue weighted by atomic mass is 19.2. The number of carbonyl (C=O) groups is 1. The summed E-state index contributed by atoms with van der Waals surface area (Å²) in [6.45, 7) is 1.79. The fourth-order valence-electron chi connectivity index (χ4n) is 1.01. The average Bonchev–Trinajstić information content (AvgIpc) is 2.20. The maximum Gasteiger partial charge on any atom is 0.254 e. The van der Waals surface area contributed by atoms with E-state index in [1.54, 1.807) is 6.92 Å². The average molecular weight is 219 g/mol. The highest BCUT2D eigenvalue weighted by Crippen LogP contribution is 2.25. The van der Waals surface area contributed by atoms with Crippen molar-refractivity contribution < 1.29 is 23.1 Å². The third-order valence-corrected chi connectivity index (χ3v) is 1.71. The Labute approximate surface area is 83.5 Å². The molecule has 0 atom stereocenters. The molecular weight excluding hydrogens is 211 g/mol. The lowest BCUT2D eigenvalue weighted by molar-refractivity contribution is 0.0950. The highest BCUT2D eigenvalue weighted by Gasteiger charge is 2.21. The van der Waals surface area contributed by atoms with Crippen LogP contribution in [-0.4, -0.2) is 17.6 Å². The predicted molar refractivity (Wildman–Crippen MR) is 46.0 cm³/mol. The number of hydrogen-bond acceptors (Lipinski definition) is 2. The first kappa shape index (κ1) is 11.4. The summed E-state index contributed by atoms with van der Waals surface area (Å²) in [4.78, 5) is 11.1. The molecule has 0 unspecified atom stereocenters. The van der Waals surface area contributed by atoms with Crippen LogP contribution in [0, 0.1) is 17.5 Å². The molecule has 0 bridgehead atoms. The standard InChI is InChI=1S/C9H8F3NO2/c1-2-13-9(15)4-3-5(10)7(12)8(14)6(4)11/h3,14H,2H2,1H3,(H,13,15). The number of aromatic hydroxyl groups is 1. The van der Waals surface area contributed by atoms with Crippen LogP contribution in [0.15, 0.2) is 6.07 Å². The van der Waals surface area contributed by atoms with E-state index in [1.807, 2.05) is 0 Å². The van der Waals surface area contributed by atoms with E-state index < -0.39 is 34.7 Å². The van der Waals surface area contributed by atoms with Crippen molar-refractivity contribution >= 4 is 5.91 Å². The molecule has 0 saturated carbocycles. The summed E-state index contributed by atoms with van der Waals surface area (Å²) in [6, 6.07) is 0.398. The van der Waals surface area contributed by atoms with Crippen molar-refractivity contribution in [3.63, 3.8) is 0 Å². The molecule has 1 amide bonds. The van der Waals surface area contributed by atoms with Gasteiger partial charge in [-0.3, -0.25) is 4.79 Å². The van der Waals surface area contributed by atoms with Gasteiger partial charge in [0.1, 0.15) is 0 Å². The van der Waals surface area contributed by atoms with E-state index in [2.05, 4.69) is 5.32 Å². The van der Waals surface area contributed by atoms with Gasteiger partial charge in [-0.1, -0.05) is 0 Å². The van der Waals surface area contributed by atoms with Gasteiger partial charge in [-0.05, 0) is 13.0 Å². The maximum atomic E-state index is 13.1.